The quantitative estimate of drug-likeness (QED) is 0.906. The third-order valence-electron chi connectivity index (χ3n) is 4.20. The Morgan fingerprint density at radius 3 is 2.87 bits per heavy atom. The van der Waals surface area contributed by atoms with E-state index in [0.717, 1.165) is 31.4 Å². The van der Waals surface area contributed by atoms with Gasteiger partial charge in [0, 0.05) is 26.7 Å². The first-order valence-electron chi connectivity index (χ1n) is 8.02. The van der Waals surface area contributed by atoms with E-state index in [-0.39, 0.29) is 23.7 Å². The third-order valence-corrected chi connectivity index (χ3v) is 4.20. The maximum atomic E-state index is 13.6. The number of nitrogens with zero attached hydrogens (tertiary/aromatic N) is 1. The molecule has 1 N–H and O–H groups in total. The molecule has 1 saturated heterocycles. The normalized spacial score (nSPS) is 18.4. The molecule has 2 amide bonds. The van der Waals surface area contributed by atoms with Crippen LogP contribution < -0.4 is 10.1 Å². The number of carbonyl (C=O) groups excluding carboxylic acids is 1. The predicted octanol–water partition coefficient (Wildman–Crippen LogP) is 2.59. The van der Waals surface area contributed by atoms with E-state index in [1.807, 2.05) is 11.0 Å². The number of nitrogens with one attached hydrogen (secondary N) is 1. The Bertz CT molecular complexity index is 525. The Hall–Kier alpha value is -1.82. The first-order chi connectivity index (χ1) is 11.1. The number of amides is 2. The molecule has 1 atom stereocenters. The van der Waals surface area contributed by atoms with Crippen LogP contribution in [0.25, 0.3) is 0 Å². The minimum atomic E-state index is -0.380. The summed E-state index contributed by atoms with van der Waals surface area (Å²) in [7, 11) is 3.15. The van der Waals surface area contributed by atoms with Crippen LogP contribution in [0.4, 0.5) is 9.18 Å². The van der Waals surface area contributed by atoms with Crippen LogP contribution in [0.2, 0.25) is 0 Å². The smallest absolute Gasteiger partial charge is 0.317 e. The summed E-state index contributed by atoms with van der Waals surface area (Å²) in [5.41, 5.74) is 0.832. The van der Waals surface area contributed by atoms with Crippen molar-refractivity contribution in [2.45, 2.75) is 31.8 Å². The largest absolute Gasteiger partial charge is 0.494 e. The maximum absolute atomic E-state index is 13.6. The predicted molar refractivity (Wildman–Crippen MR) is 86.3 cm³/mol. The zero-order valence-corrected chi connectivity index (χ0v) is 13.8. The zero-order chi connectivity index (χ0) is 16.7. The minimum Gasteiger partial charge on any atom is -0.494 e. The highest BCUT2D eigenvalue weighted by Gasteiger charge is 2.19. The van der Waals surface area contributed by atoms with E-state index >= 15 is 0 Å². The van der Waals surface area contributed by atoms with Gasteiger partial charge in [0.2, 0.25) is 0 Å². The second-order valence-electron chi connectivity index (χ2n) is 5.73. The van der Waals surface area contributed by atoms with E-state index < -0.39 is 0 Å². The van der Waals surface area contributed by atoms with Gasteiger partial charge in [-0.15, -0.1) is 0 Å². The fourth-order valence-electron chi connectivity index (χ4n) is 2.80. The first kappa shape index (κ1) is 17.5. The van der Waals surface area contributed by atoms with E-state index in [1.165, 1.54) is 13.2 Å². The lowest BCUT2D eigenvalue weighted by molar-refractivity contribution is 0.0906. The lowest BCUT2D eigenvalue weighted by atomic mass is 10.1. The van der Waals surface area contributed by atoms with Gasteiger partial charge in [0.25, 0.3) is 0 Å². The van der Waals surface area contributed by atoms with Crippen LogP contribution in [0.15, 0.2) is 18.2 Å². The zero-order valence-electron chi connectivity index (χ0n) is 13.8. The van der Waals surface area contributed by atoms with Gasteiger partial charge in [0.05, 0.1) is 13.2 Å². The molecular formula is C17H25FN2O3. The van der Waals surface area contributed by atoms with Crippen LogP contribution in [0.5, 0.6) is 5.75 Å². The fourth-order valence-corrected chi connectivity index (χ4v) is 2.80. The first-order valence-corrected chi connectivity index (χ1v) is 8.02. The highest BCUT2D eigenvalue weighted by atomic mass is 19.1. The number of ether oxygens (including phenoxy) is 2. The monoisotopic (exact) mass is 324 g/mol. The van der Waals surface area contributed by atoms with Gasteiger partial charge in [-0.2, -0.15) is 0 Å². The number of hydrogen-bond acceptors (Lipinski definition) is 3. The van der Waals surface area contributed by atoms with Gasteiger partial charge in [0.15, 0.2) is 11.6 Å². The van der Waals surface area contributed by atoms with Crippen LogP contribution in [-0.2, 0) is 11.2 Å². The summed E-state index contributed by atoms with van der Waals surface area (Å²) in [6.45, 7) is 1.94. The number of benzene rings is 1. The molecule has 0 aliphatic carbocycles. The Balaban J connectivity index is 1.77. The molecular weight excluding hydrogens is 299 g/mol. The Labute approximate surface area is 136 Å². The molecule has 0 spiro atoms. The van der Waals surface area contributed by atoms with Crippen molar-refractivity contribution in [2.75, 3.05) is 33.9 Å². The van der Waals surface area contributed by atoms with E-state index in [9.17, 15) is 9.18 Å². The number of likely N-dealkylation sites (tertiary alicyclic amines) is 1. The Kier molecular flexibility index (Phi) is 6.65. The highest BCUT2D eigenvalue weighted by Crippen LogP contribution is 2.18. The van der Waals surface area contributed by atoms with Gasteiger partial charge in [-0.05, 0) is 43.4 Å². The molecule has 23 heavy (non-hydrogen) atoms. The van der Waals surface area contributed by atoms with Crippen molar-refractivity contribution in [3.63, 3.8) is 0 Å². The molecule has 0 saturated carbocycles. The summed E-state index contributed by atoms with van der Waals surface area (Å²) >= 11 is 0. The number of hydrogen-bond donors (Lipinski definition) is 1. The molecule has 0 bridgehead atoms. The molecule has 1 heterocycles. The maximum Gasteiger partial charge on any atom is 0.317 e. The van der Waals surface area contributed by atoms with Gasteiger partial charge in [-0.3, -0.25) is 0 Å². The SMILES string of the molecule is COc1ccc(CCNC(=O)N2CCCC(OC)CC2)cc1F. The van der Waals surface area contributed by atoms with Crippen LogP contribution in [0.1, 0.15) is 24.8 Å². The van der Waals surface area contributed by atoms with E-state index in [2.05, 4.69) is 5.32 Å². The van der Waals surface area contributed by atoms with Gasteiger partial charge >= 0.3 is 6.03 Å². The molecule has 5 nitrogen and oxygen atoms in total. The van der Waals surface area contributed by atoms with E-state index in [1.54, 1.807) is 13.2 Å². The van der Waals surface area contributed by atoms with Gasteiger partial charge < -0.3 is 19.7 Å². The lowest BCUT2D eigenvalue weighted by Crippen LogP contribution is -2.41. The fraction of sp³-hybridized carbons (Fsp3) is 0.588. The summed E-state index contributed by atoms with van der Waals surface area (Å²) in [4.78, 5) is 14.0. The molecule has 0 radical (unpaired) electrons. The molecule has 1 aromatic rings. The molecule has 2 rings (SSSR count). The van der Waals surface area contributed by atoms with Crippen molar-refractivity contribution in [3.8, 4) is 5.75 Å². The Morgan fingerprint density at radius 1 is 1.35 bits per heavy atom. The van der Waals surface area contributed by atoms with Gasteiger partial charge in [-0.25, -0.2) is 9.18 Å². The van der Waals surface area contributed by atoms with Crippen LogP contribution >= 0.6 is 0 Å². The van der Waals surface area contributed by atoms with Gasteiger partial charge in [-0.1, -0.05) is 6.07 Å². The average molecular weight is 324 g/mol. The van der Waals surface area contributed by atoms with Crippen molar-refractivity contribution in [1.82, 2.24) is 10.2 Å². The van der Waals surface area contributed by atoms with Crippen molar-refractivity contribution >= 4 is 6.03 Å². The summed E-state index contributed by atoms with van der Waals surface area (Å²) < 4.78 is 23.9. The molecule has 1 aliphatic heterocycles. The topological polar surface area (TPSA) is 50.8 Å². The summed E-state index contributed by atoms with van der Waals surface area (Å²) in [6, 6.07) is 4.80. The number of halogens is 1. The summed E-state index contributed by atoms with van der Waals surface area (Å²) in [5, 5.41) is 2.90. The molecule has 1 fully saturated rings. The summed E-state index contributed by atoms with van der Waals surface area (Å²) in [6.07, 6.45) is 3.64. The third kappa shape index (κ3) is 5.10. The molecule has 6 heteroatoms. The second kappa shape index (κ2) is 8.72. The molecule has 1 aromatic carbocycles. The standard InChI is InChI=1S/C17H25FN2O3/c1-22-14-4-3-10-20(11-8-14)17(21)19-9-7-13-5-6-16(23-2)15(18)12-13/h5-6,12,14H,3-4,7-11H2,1-2H3,(H,19,21). The molecule has 1 aliphatic rings. The van der Waals surface area contributed by atoms with Crippen LogP contribution in [0, 0.1) is 5.82 Å². The van der Waals surface area contributed by atoms with Crippen LogP contribution in [-0.4, -0.2) is 50.9 Å². The minimum absolute atomic E-state index is 0.0595. The molecule has 0 aromatic heterocycles. The van der Waals surface area contributed by atoms with Crippen LogP contribution in [0.3, 0.4) is 0 Å². The van der Waals surface area contributed by atoms with Crippen molar-refractivity contribution in [3.05, 3.63) is 29.6 Å². The lowest BCUT2D eigenvalue weighted by Gasteiger charge is -2.21. The van der Waals surface area contributed by atoms with Crippen molar-refractivity contribution in [1.29, 1.82) is 0 Å². The number of rotatable bonds is 5. The molecule has 1 unspecified atom stereocenters. The average Bonchev–Trinajstić information content (AvgIpc) is 2.80. The van der Waals surface area contributed by atoms with Gasteiger partial charge in [0.1, 0.15) is 0 Å². The highest BCUT2D eigenvalue weighted by molar-refractivity contribution is 5.74. The molecule has 128 valence electrons. The number of methoxy groups -OCH3 is 2. The summed E-state index contributed by atoms with van der Waals surface area (Å²) in [5.74, 6) is -0.149. The van der Waals surface area contributed by atoms with E-state index in [0.29, 0.717) is 19.5 Å². The van der Waals surface area contributed by atoms with E-state index in [4.69, 9.17) is 9.47 Å². The second-order valence-corrected chi connectivity index (χ2v) is 5.73. The number of urea groups is 1. The Morgan fingerprint density at radius 2 is 2.17 bits per heavy atom. The number of carbonyl (C=O) groups is 1. The van der Waals surface area contributed by atoms with Crippen molar-refractivity contribution in [2.24, 2.45) is 0 Å². The van der Waals surface area contributed by atoms with Crippen molar-refractivity contribution < 1.29 is 18.7 Å².